The number of aliphatic hydroxyl groups is 1. The summed E-state index contributed by atoms with van der Waals surface area (Å²) in [6.07, 6.45) is -0.254. The molecule has 0 amide bonds. The van der Waals surface area contributed by atoms with Gasteiger partial charge in [0, 0.05) is 16.6 Å². The SMILES string of the molecule is Cc1nc(N2CC(O)CC2c2cc(F)ccc2F)ccc1Br. The molecule has 0 radical (unpaired) electrons. The molecule has 3 rings (SSSR count). The first kappa shape index (κ1) is 15.4. The average Bonchev–Trinajstić information content (AvgIpc) is 2.86. The van der Waals surface area contributed by atoms with E-state index >= 15 is 0 Å². The van der Waals surface area contributed by atoms with Gasteiger partial charge in [-0.05, 0) is 59.6 Å². The van der Waals surface area contributed by atoms with E-state index in [4.69, 9.17) is 0 Å². The lowest BCUT2D eigenvalue weighted by atomic mass is 10.0. The van der Waals surface area contributed by atoms with Gasteiger partial charge in [0.1, 0.15) is 17.5 Å². The summed E-state index contributed by atoms with van der Waals surface area (Å²) >= 11 is 3.39. The highest BCUT2D eigenvalue weighted by Crippen LogP contribution is 2.37. The molecule has 2 aromatic rings. The molecule has 1 fully saturated rings. The molecule has 116 valence electrons. The van der Waals surface area contributed by atoms with E-state index in [0.717, 1.165) is 22.3 Å². The highest BCUT2D eigenvalue weighted by Gasteiger charge is 2.34. The minimum Gasteiger partial charge on any atom is -0.391 e. The van der Waals surface area contributed by atoms with Gasteiger partial charge in [0.2, 0.25) is 0 Å². The van der Waals surface area contributed by atoms with Crippen LogP contribution in [-0.2, 0) is 0 Å². The number of halogens is 3. The molecule has 22 heavy (non-hydrogen) atoms. The Kier molecular flexibility index (Phi) is 4.14. The van der Waals surface area contributed by atoms with Gasteiger partial charge >= 0.3 is 0 Å². The Morgan fingerprint density at radius 1 is 1.27 bits per heavy atom. The second kappa shape index (κ2) is 5.93. The third-order valence-electron chi connectivity index (χ3n) is 3.90. The van der Waals surface area contributed by atoms with Gasteiger partial charge in [-0.25, -0.2) is 13.8 Å². The van der Waals surface area contributed by atoms with Crippen molar-refractivity contribution in [3.05, 3.63) is 57.7 Å². The Balaban J connectivity index is 2.02. The molecule has 2 unspecified atom stereocenters. The molecule has 6 heteroatoms. The standard InChI is InChI=1S/C16H15BrF2N2O/c1-9-13(17)3-5-16(20-9)21-8-11(22)7-15(21)12-6-10(18)2-4-14(12)19/h2-6,11,15,22H,7-8H2,1H3. The number of aliphatic hydroxyl groups excluding tert-OH is 1. The molecule has 1 aliphatic heterocycles. The first-order chi connectivity index (χ1) is 10.5. The van der Waals surface area contributed by atoms with E-state index in [2.05, 4.69) is 20.9 Å². The van der Waals surface area contributed by atoms with Crippen LogP contribution < -0.4 is 4.90 Å². The Labute approximate surface area is 135 Å². The molecule has 0 spiro atoms. The van der Waals surface area contributed by atoms with E-state index in [0.29, 0.717) is 18.8 Å². The normalized spacial score (nSPS) is 21.4. The minimum absolute atomic E-state index is 0.249. The lowest BCUT2D eigenvalue weighted by molar-refractivity contribution is 0.194. The van der Waals surface area contributed by atoms with Crippen LogP contribution in [0.1, 0.15) is 23.7 Å². The molecule has 1 aromatic heterocycles. The fourth-order valence-corrected chi connectivity index (χ4v) is 3.04. The summed E-state index contributed by atoms with van der Waals surface area (Å²) in [6.45, 7) is 2.20. The van der Waals surface area contributed by atoms with Crippen molar-refractivity contribution in [1.82, 2.24) is 4.98 Å². The number of nitrogens with zero attached hydrogens (tertiary/aromatic N) is 2. The first-order valence-corrected chi connectivity index (χ1v) is 7.78. The largest absolute Gasteiger partial charge is 0.391 e. The van der Waals surface area contributed by atoms with Crippen molar-refractivity contribution in [2.45, 2.75) is 25.5 Å². The van der Waals surface area contributed by atoms with Gasteiger partial charge in [0.05, 0.1) is 17.8 Å². The second-order valence-electron chi connectivity index (χ2n) is 5.46. The monoisotopic (exact) mass is 368 g/mol. The van der Waals surface area contributed by atoms with E-state index in [1.807, 2.05) is 17.9 Å². The Morgan fingerprint density at radius 2 is 2.05 bits per heavy atom. The van der Waals surface area contributed by atoms with E-state index < -0.39 is 23.8 Å². The van der Waals surface area contributed by atoms with Gasteiger partial charge in [-0.3, -0.25) is 0 Å². The van der Waals surface area contributed by atoms with Crippen molar-refractivity contribution in [2.75, 3.05) is 11.4 Å². The quantitative estimate of drug-likeness (QED) is 0.876. The van der Waals surface area contributed by atoms with Crippen LogP contribution in [0.3, 0.4) is 0 Å². The van der Waals surface area contributed by atoms with Crippen LogP contribution in [0.15, 0.2) is 34.8 Å². The maximum Gasteiger partial charge on any atom is 0.129 e. The summed E-state index contributed by atoms with van der Waals surface area (Å²) < 4.78 is 28.4. The highest BCUT2D eigenvalue weighted by atomic mass is 79.9. The van der Waals surface area contributed by atoms with Gasteiger partial charge < -0.3 is 10.0 Å². The van der Waals surface area contributed by atoms with Crippen LogP contribution in [0.2, 0.25) is 0 Å². The number of pyridine rings is 1. The fourth-order valence-electron chi connectivity index (χ4n) is 2.82. The van der Waals surface area contributed by atoms with Crippen molar-refractivity contribution in [2.24, 2.45) is 0 Å². The predicted octanol–water partition coefficient (Wildman–Crippen LogP) is 3.74. The smallest absolute Gasteiger partial charge is 0.129 e. The van der Waals surface area contributed by atoms with E-state index in [1.165, 1.54) is 6.07 Å². The zero-order chi connectivity index (χ0) is 15.9. The van der Waals surface area contributed by atoms with Crippen molar-refractivity contribution in [3.63, 3.8) is 0 Å². The van der Waals surface area contributed by atoms with Crippen molar-refractivity contribution in [1.29, 1.82) is 0 Å². The Morgan fingerprint density at radius 3 is 2.77 bits per heavy atom. The zero-order valence-corrected chi connectivity index (χ0v) is 13.5. The maximum atomic E-state index is 14.1. The molecule has 3 nitrogen and oxygen atoms in total. The number of rotatable bonds is 2. The third-order valence-corrected chi connectivity index (χ3v) is 4.74. The molecule has 1 N–H and O–H groups in total. The molecule has 0 bridgehead atoms. The maximum absolute atomic E-state index is 14.1. The number of hydrogen-bond acceptors (Lipinski definition) is 3. The lowest BCUT2D eigenvalue weighted by Crippen LogP contribution is -2.26. The topological polar surface area (TPSA) is 36.4 Å². The number of aryl methyl sites for hydroxylation is 1. The van der Waals surface area contributed by atoms with Gasteiger partial charge in [0.15, 0.2) is 0 Å². The summed E-state index contributed by atoms with van der Waals surface area (Å²) in [5.74, 6) is -0.317. The highest BCUT2D eigenvalue weighted by molar-refractivity contribution is 9.10. The zero-order valence-electron chi connectivity index (χ0n) is 11.9. The predicted molar refractivity (Wildman–Crippen MR) is 83.7 cm³/mol. The minimum atomic E-state index is -0.599. The average molecular weight is 369 g/mol. The second-order valence-corrected chi connectivity index (χ2v) is 6.31. The van der Waals surface area contributed by atoms with Gasteiger partial charge in [0.25, 0.3) is 0 Å². The first-order valence-electron chi connectivity index (χ1n) is 6.98. The molecular weight excluding hydrogens is 354 g/mol. The summed E-state index contributed by atoms with van der Waals surface area (Å²) in [5.41, 5.74) is 1.05. The van der Waals surface area contributed by atoms with Crippen LogP contribution in [0, 0.1) is 18.6 Å². The number of aromatic nitrogens is 1. The van der Waals surface area contributed by atoms with Crippen molar-refractivity contribution in [3.8, 4) is 0 Å². The van der Waals surface area contributed by atoms with E-state index in [-0.39, 0.29) is 5.56 Å². The molecule has 1 aromatic carbocycles. The number of β-amino-alcohol motifs (C(OH)–C–C–N with tert-alkyl or cyclic N) is 1. The molecular formula is C16H15BrF2N2O. The van der Waals surface area contributed by atoms with E-state index in [9.17, 15) is 13.9 Å². The summed E-state index contributed by atoms with van der Waals surface area (Å²) in [6, 6.07) is 6.64. The third kappa shape index (κ3) is 2.85. The Bertz CT molecular complexity index is 711. The van der Waals surface area contributed by atoms with Crippen molar-refractivity contribution < 1.29 is 13.9 Å². The molecule has 1 saturated heterocycles. The summed E-state index contributed by atoms with van der Waals surface area (Å²) in [4.78, 5) is 6.29. The number of hydrogen-bond donors (Lipinski definition) is 1. The van der Waals surface area contributed by atoms with Gasteiger partial charge in [-0.15, -0.1) is 0 Å². The van der Waals surface area contributed by atoms with Crippen LogP contribution in [0.4, 0.5) is 14.6 Å². The fraction of sp³-hybridized carbons (Fsp3) is 0.312. The van der Waals surface area contributed by atoms with E-state index in [1.54, 1.807) is 6.07 Å². The Hall–Kier alpha value is -1.53. The molecule has 2 atom stereocenters. The molecule has 1 aliphatic rings. The van der Waals surface area contributed by atoms with Crippen LogP contribution in [0.5, 0.6) is 0 Å². The summed E-state index contributed by atoms with van der Waals surface area (Å²) in [5, 5.41) is 9.98. The lowest BCUT2D eigenvalue weighted by Gasteiger charge is -2.26. The van der Waals surface area contributed by atoms with Crippen LogP contribution >= 0.6 is 15.9 Å². The van der Waals surface area contributed by atoms with Gasteiger partial charge in [-0.1, -0.05) is 0 Å². The van der Waals surface area contributed by atoms with Crippen LogP contribution in [0.25, 0.3) is 0 Å². The van der Waals surface area contributed by atoms with Crippen molar-refractivity contribution >= 4 is 21.7 Å². The molecule has 0 saturated carbocycles. The van der Waals surface area contributed by atoms with Gasteiger partial charge in [-0.2, -0.15) is 0 Å². The number of benzene rings is 1. The molecule has 0 aliphatic carbocycles. The summed E-state index contributed by atoms with van der Waals surface area (Å²) in [7, 11) is 0. The van der Waals surface area contributed by atoms with Crippen LogP contribution in [-0.4, -0.2) is 22.7 Å². The molecule has 2 heterocycles. The number of anilines is 1.